The summed E-state index contributed by atoms with van der Waals surface area (Å²) in [4.78, 5) is 20.0. The molecule has 0 aliphatic carbocycles. The number of hydrogen-bond acceptors (Lipinski definition) is 5. The van der Waals surface area contributed by atoms with E-state index in [1.54, 1.807) is 24.5 Å². The number of carbonyl (C=O) groups excluding carboxylic acids is 1. The van der Waals surface area contributed by atoms with Crippen molar-refractivity contribution >= 4 is 45.0 Å². The van der Waals surface area contributed by atoms with Gasteiger partial charge in [-0.3, -0.25) is 9.78 Å². The topological polar surface area (TPSA) is 141 Å². The van der Waals surface area contributed by atoms with Gasteiger partial charge in [-0.05, 0) is 48.5 Å². The number of carbonyl (C=O) groups is 1. The van der Waals surface area contributed by atoms with E-state index in [1.807, 2.05) is 36.4 Å². The molecule has 203 valence electrons. The Labute approximate surface area is 264 Å². The van der Waals surface area contributed by atoms with Crippen molar-refractivity contribution in [1.82, 2.24) is 15.3 Å². The van der Waals surface area contributed by atoms with E-state index in [9.17, 15) is 4.79 Å². The Balaban J connectivity index is 0.000000218. The van der Waals surface area contributed by atoms with Crippen LogP contribution in [0.1, 0.15) is 15.9 Å². The normalized spacial score (nSPS) is 10.5. The maximum Gasteiger partial charge on any atom is 0.248 e. The molecular weight excluding hydrogens is 599 g/mol. The van der Waals surface area contributed by atoms with Gasteiger partial charge in [-0.25, -0.2) is 4.98 Å². The van der Waals surface area contributed by atoms with Crippen molar-refractivity contribution in [3.05, 3.63) is 113 Å². The predicted octanol–water partition coefficient (Wildman–Crippen LogP) is 6.49. The molecule has 0 aliphatic rings. The molecule has 0 atom stereocenters. The minimum atomic E-state index is -0.481. The summed E-state index contributed by atoms with van der Waals surface area (Å²) in [5.41, 5.74) is 24.1. The maximum atomic E-state index is 11.3. The Morgan fingerprint density at radius 2 is 1.68 bits per heavy atom. The molecule has 0 unspecified atom stereocenters. The monoisotopic (exact) mass is 628 g/mol. The number of pyridine rings is 2. The molecule has 5 aromatic rings. The van der Waals surface area contributed by atoms with Crippen molar-refractivity contribution in [1.29, 1.82) is 0 Å². The van der Waals surface area contributed by atoms with Crippen LogP contribution in [0.3, 0.4) is 0 Å². The summed E-state index contributed by atoms with van der Waals surface area (Å²) in [7, 11) is 0. The summed E-state index contributed by atoms with van der Waals surface area (Å²) in [5, 5.41) is 9.91. The number of nitrogens with two attached hydrogens (primary N) is 1. The maximum absolute atomic E-state index is 11.3. The van der Waals surface area contributed by atoms with Crippen LogP contribution in [-0.2, 0) is 39.3 Å². The molecule has 3 aromatic carbocycles. The van der Waals surface area contributed by atoms with Crippen molar-refractivity contribution in [3.8, 4) is 11.1 Å². The van der Waals surface area contributed by atoms with Gasteiger partial charge in [0.15, 0.2) is 0 Å². The SMILES string of the molecule is [NH-]CCNCc1ccc(-c2ccccc2)c(Cl)c1.[NH-]CCNc1nc2cc(C(N)=O)ccc2c2cnccc12.[Y]. The number of amides is 1. The molecule has 2 aromatic heterocycles. The molecule has 0 saturated carbocycles. The number of aromatic nitrogens is 2. The zero-order chi connectivity index (χ0) is 27.6. The van der Waals surface area contributed by atoms with E-state index in [0.717, 1.165) is 44.4 Å². The molecule has 5 rings (SSSR count). The van der Waals surface area contributed by atoms with Crippen LogP contribution in [0.4, 0.5) is 5.82 Å². The molecular formula is C30H30ClN7OY-2. The Bertz CT molecular complexity index is 1570. The van der Waals surface area contributed by atoms with Gasteiger partial charge in [-0.1, -0.05) is 60.1 Å². The molecule has 1 radical (unpaired) electrons. The van der Waals surface area contributed by atoms with E-state index in [1.165, 1.54) is 0 Å². The largest absolute Gasteiger partial charge is 0.676 e. The number of rotatable bonds is 9. The van der Waals surface area contributed by atoms with Crippen LogP contribution < -0.4 is 16.4 Å². The summed E-state index contributed by atoms with van der Waals surface area (Å²) in [5.74, 6) is 0.208. The number of benzene rings is 3. The summed E-state index contributed by atoms with van der Waals surface area (Å²) in [6, 6.07) is 23.3. The molecule has 10 heteroatoms. The molecule has 2 heterocycles. The van der Waals surface area contributed by atoms with E-state index >= 15 is 0 Å². The minimum Gasteiger partial charge on any atom is -0.676 e. The summed E-state index contributed by atoms with van der Waals surface area (Å²) >= 11 is 6.31. The zero-order valence-electron chi connectivity index (χ0n) is 22.0. The minimum absolute atomic E-state index is 0. The average molecular weight is 629 g/mol. The Morgan fingerprint density at radius 3 is 2.38 bits per heavy atom. The smallest absolute Gasteiger partial charge is 0.248 e. The molecule has 0 aliphatic heterocycles. The van der Waals surface area contributed by atoms with Gasteiger partial charge in [-0.15, -0.1) is 13.1 Å². The summed E-state index contributed by atoms with van der Waals surface area (Å²) in [6.45, 7) is 2.63. The van der Waals surface area contributed by atoms with Gasteiger partial charge in [0.1, 0.15) is 5.82 Å². The van der Waals surface area contributed by atoms with Gasteiger partial charge in [0, 0.05) is 84.0 Å². The first-order chi connectivity index (χ1) is 19.0. The van der Waals surface area contributed by atoms with E-state index < -0.39 is 5.91 Å². The van der Waals surface area contributed by atoms with Crippen molar-refractivity contribution in [2.75, 3.05) is 31.5 Å². The third-order valence-electron chi connectivity index (χ3n) is 6.05. The molecule has 1 amide bonds. The van der Waals surface area contributed by atoms with Gasteiger partial charge in [0.05, 0.1) is 5.52 Å². The Hall–Kier alpha value is -2.98. The molecule has 6 N–H and O–H groups in total. The second kappa shape index (κ2) is 15.7. The van der Waals surface area contributed by atoms with Crippen LogP contribution in [-0.4, -0.2) is 42.1 Å². The van der Waals surface area contributed by atoms with E-state index in [4.69, 9.17) is 28.8 Å². The Kier molecular flexibility index (Phi) is 12.4. The second-order valence-corrected chi connectivity index (χ2v) is 9.17. The quantitative estimate of drug-likeness (QED) is 0.126. The van der Waals surface area contributed by atoms with Gasteiger partial charge >= 0.3 is 0 Å². The first-order valence-corrected chi connectivity index (χ1v) is 12.9. The van der Waals surface area contributed by atoms with Crippen LogP contribution in [0.5, 0.6) is 0 Å². The standard InChI is InChI=1S/C15H16ClN2.C15H14N5O.Y/c16-15-10-12(11-18-9-8-17)6-7-14(15)13-4-2-1-3-5-13;16-4-6-19-15-11-3-5-18-8-12(11)10-2-1-9(14(17)21)7-13(10)20-15;/h1-7,10,17-18H,8-9,11H2;1-3,5,7-8,16H,4,6H2,(H2,17,21)(H,19,20);/q2*-1;. The molecule has 0 fully saturated rings. The number of nitrogens with one attached hydrogen (secondary N) is 4. The van der Waals surface area contributed by atoms with Gasteiger partial charge < -0.3 is 27.8 Å². The fourth-order valence-electron chi connectivity index (χ4n) is 4.16. The van der Waals surface area contributed by atoms with Crippen molar-refractivity contribution in [2.24, 2.45) is 5.73 Å². The van der Waals surface area contributed by atoms with Crippen molar-refractivity contribution in [2.45, 2.75) is 6.54 Å². The Morgan fingerprint density at radius 1 is 0.900 bits per heavy atom. The molecule has 40 heavy (non-hydrogen) atoms. The first-order valence-electron chi connectivity index (χ1n) is 12.6. The van der Waals surface area contributed by atoms with E-state index in [2.05, 4.69) is 44.9 Å². The van der Waals surface area contributed by atoms with E-state index in [-0.39, 0.29) is 39.3 Å². The predicted molar refractivity (Wildman–Crippen MR) is 161 cm³/mol. The number of nitrogens with zero attached hydrogens (tertiary/aromatic N) is 2. The van der Waals surface area contributed by atoms with Crippen molar-refractivity contribution in [3.63, 3.8) is 0 Å². The van der Waals surface area contributed by atoms with Crippen molar-refractivity contribution < 1.29 is 37.5 Å². The summed E-state index contributed by atoms with van der Waals surface area (Å²) in [6.07, 6.45) is 3.48. The number of fused-ring (bicyclic) bond motifs is 3. The fraction of sp³-hybridized carbons (Fsp3) is 0.167. The van der Waals surface area contributed by atoms with Gasteiger partial charge in [0.2, 0.25) is 5.91 Å². The number of primary amides is 1. The van der Waals surface area contributed by atoms with Crippen LogP contribution in [0.15, 0.2) is 85.2 Å². The number of anilines is 1. The van der Waals surface area contributed by atoms with Crippen LogP contribution in [0.25, 0.3) is 44.3 Å². The molecule has 0 spiro atoms. The zero-order valence-corrected chi connectivity index (χ0v) is 25.5. The fourth-order valence-corrected chi connectivity index (χ4v) is 4.47. The number of hydrogen-bond donors (Lipinski definition) is 3. The van der Waals surface area contributed by atoms with E-state index in [0.29, 0.717) is 36.5 Å². The summed E-state index contributed by atoms with van der Waals surface area (Å²) < 4.78 is 0. The second-order valence-electron chi connectivity index (χ2n) is 8.76. The average Bonchev–Trinajstić information content (AvgIpc) is 2.96. The van der Waals surface area contributed by atoms with Gasteiger partial charge in [-0.2, -0.15) is 0 Å². The molecule has 0 saturated heterocycles. The first kappa shape index (κ1) is 31.6. The van der Waals surface area contributed by atoms with Crippen LogP contribution in [0, 0.1) is 0 Å². The molecule has 8 nitrogen and oxygen atoms in total. The number of halogens is 1. The van der Waals surface area contributed by atoms with Gasteiger partial charge in [0.25, 0.3) is 0 Å². The third kappa shape index (κ3) is 8.04. The van der Waals surface area contributed by atoms with Crippen LogP contribution >= 0.6 is 11.6 Å². The molecule has 0 bridgehead atoms. The third-order valence-corrected chi connectivity index (χ3v) is 6.36. The van der Waals surface area contributed by atoms with Crippen LogP contribution in [0.2, 0.25) is 5.02 Å².